The largest absolute Gasteiger partial charge is 0.287 e. The van der Waals surface area contributed by atoms with Gasteiger partial charge in [-0.1, -0.05) is 20.3 Å². The van der Waals surface area contributed by atoms with E-state index in [0.717, 1.165) is 19.3 Å². The lowest BCUT2D eigenvalue weighted by atomic mass is 10.0. The van der Waals surface area contributed by atoms with Crippen molar-refractivity contribution in [2.24, 2.45) is 5.92 Å². The van der Waals surface area contributed by atoms with Crippen LogP contribution in [0.25, 0.3) is 0 Å². The number of hydrogen-bond acceptors (Lipinski definition) is 1. The molecule has 0 aromatic carbocycles. The summed E-state index contributed by atoms with van der Waals surface area (Å²) in [6, 6.07) is 0. The molecular formula is C7H14OS. The molecule has 0 heterocycles. The Morgan fingerprint density at radius 2 is 2.11 bits per heavy atom. The van der Waals surface area contributed by atoms with Crippen molar-refractivity contribution < 1.29 is 4.79 Å². The highest BCUT2D eigenvalue weighted by Gasteiger charge is 2.09. The normalized spacial score (nSPS) is 13.2. The van der Waals surface area contributed by atoms with Crippen LogP contribution in [-0.4, -0.2) is 5.12 Å². The molecule has 0 aliphatic rings. The molecule has 1 nitrogen and oxygen atoms in total. The van der Waals surface area contributed by atoms with Crippen molar-refractivity contribution in [1.29, 1.82) is 0 Å². The third-order valence-electron chi connectivity index (χ3n) is 1.48. The van der Waals surface area contributed by atoms with Crippen molar-refractivity contribution in [2.45, 2.75) is 33.1 Å². The lowest BCUT2D eigenvalue weighted by Gasteiger charge is -2.06. The van der Waals surface area contributed by atoms with Gasteiger partial charge in [-0.2, -0.15) is 0 Å². The van der Waals surface area contributed by atoms with Gasteiger partial charge in [0.05, 0.1) is 0 Å². The third-order valence-corrected chi connectivity index (χ3v) is 1.84. The van der Waals surface area contributed by atoms with Crippen LogP contribution >= 0.6 is 12.6 Å². The van der Waals surface area contributed by atoms with E-state index in [9.17, 15) is 4.79 Å². The Morgan fingerprint density at radius 1 is 1.56 bits per heavy atom. The van der Waals surface area contributed by atoms with E-state index in [0.29, 0.717) is 0 Å². The topological polar surface area (TPSA) is 17.1 Å². The van der Waals surface area contributed by atoms with Crippen molar-refractivity contribution in [1.82, 2.24) is 0 Å². The predicted molar refractivity (Wildman–Crippen MR) is 42.7 cm³/mol. The van der Waals surface area contributed by atoms with E-state index < -0.39 is 0 Å². The van der Waals surface area contributed by atoms with Gasteiger partial charge in [-0.05, 0) is 12.8 Å². The first kappa shape index (κ1) is 9.02. The van der Waals surface area contributed by atoms with Gasteiger partial charge >= 0.3 is 0 Å². The van der Waals surface area contributed by atoms with Crippen LogP contribution < -0.4 is 0 Å². The number of carbonyl (C=O) groups is 1. The van der Waals surface area contributed by atoms with E-state index in [1.165, 1.54) is 0 Å². The zero-order valence-electron chi connectivity index (χ0n) is 6.05. The molecule has 0 saturated heterocycles. The van der Waals surface area contributed by atoms with E-state index in [2.05, 4.69) is 19.6 Å². The Morgan fingerprint density at radius 3 is 2.22 bits per heavy atom. The lowest BCUT2D eigenvalue weighted by molar-refractivity contribution is -0.114. The molecule has 0 aliphatic heterocycles. The molecule has 0 aromatic rings. The number of rotatable bonds is 4. The summed E-state index contributed by atoms with van der Waals surface area (Å²) in [5.74, 6) is 0.193. The maximum absolute atomic E-state index is 10.6. The summed E-state index contributed by atoms with van der Waals surface area (Å²) < 4.78 is 0. The van der Waals surface area contributed by atoms with Crippen LogP contribution in [0.5, 0.6) is 0 Å². The Hall–Kier alpha value is 0.0200. The van der Waals surface area contributed by atoms with Gasteiger partial charge in [-0.3, -0.25) is 4.79 Å². The first-order valence-corrected chi connectivity index (χ1v) is 3.89. The van der Waals surface area contributed by atoms with Crippen LogP contribution in [0.3, 0.4) is 0 Å². The SMILES string of the molecule is CCCC(CC)C(=O)S. The minimum absolute atomic E-state index is 0.0411. The van der Waals surface area contributed by atoms with Gasteiger partial charge in [-0.25, -0.2) is 0 Å². The first-order chi connectivity index (χ1) is 4.22. The molecular weight excluding hydrogens is 132 g/mol. The molecule has 0 bridgehead atoms. The summed E-state index contributed by atoms with van der Waals surface area (Å²) in [4.78, 5) is 10.6. The maximum atomic E-state index is 10.6. The van der Waals surface area contributed by atoms with E-state index in [-0.39, 0.29) is 11.0 Å². The second kappa shape index (κ2) is 4.86. The van der Waals surface area contributed by atoms with E-state index >= 15 is 0 Å². The minimum atomic E-state index is 0.0411. The van der Waals surface area contributed by atoms with E-state index in [4.69, 9.17) is 0 Å². The molecule has 0 saturated carbocycles. The zero-order chi connectivity index (χ0) is 7.28. The Kier molecular flexibility index (Phi) is 4.87. The quantitative estimate of drug-likeness (QED) is 0.602. The fourth-order valence-corrected chi connectivity index (χ4v) is 1.16. The fraction of sp³-hybridized carbons (Fsp3) is 0.857. The minimum Gasteiger partial charge on any atom is -0.287 e. The second-order valence-corrected chi connectivity index (χ2v) is 2.67. The second-order valence-electron chi connectivity index (χ2n) is 2.23. The molecule has 0 fully saturated rings. The summed E-state index contributed by atoms with van der Waals surface area (Å²) in [6.45, 7) is 4.10. The molecule has 0 aliphatic carbocycles. The van der Waals surface area contributed by atoms with Crippen molar-refractivity contribution in [2.75, 3.05) is 0 Å². The average molecular weight is 146 g/mol. The van der Waals surface area contributed by atoms with Crippen LogP contribution in [0.2, 0.25) is 0 Å². The molecule has 1 unspecified atom stereocenters. The van der Waals surface area contributed by atoms with Crippen LogP contribution in [0.4, 0.5) is 0 Å². The monoisotopic (exact) mass is 146 g/mol. The highest BCUT2D eigenvalue weighted by molar-refractivity contribution is 7.96. The van der Waals surface area contributed by atoms with E-state index in [1.807, 2.05) is 6.92 Å². The summed E-state index contributed by atoms with van der Waals surface area (Å²) in [5, 5.41) is 0.0411. The molecule has 0 N–H and O–H groups in total. The molecule has 9 heavy (non-hydrogen) atoms. The van der Waals surface area contributed by atoms with Gasteiger partial charge in [-0.15, -0.1) is 12.6 Å². The average Bonchev–Trinajstić information content (AvgIpc) is 1.82. The predicted octanol–water partition coefficient (Wildman–Crippen LogP) is 2.27. The highest BCUT2D eigenvalue weighted by atomic mass is 32.1. The van der Waals surface area contributed by atoms with Crippen molar-refractivity contribution >= 4 is 17.7 Å². The van der Waals surface area contributed by atoms with Gasteiger partial charge in [0.25, 0.3) is 0 Å². The number of carbonyl (C=O) groups excluding carboxylic acids is 1. The molecule has 0 amide bonds. The number of hydrogen-bond donors (Lipinski definition) is 1. The van der Waals surface area contributed by atoms with Gasteiger partial charge in [0, 0.05) is 5.92 Å². The van der Waals surface area contributed by atoms with Crippen molar-refractivity contribution in [3.8, 4) is 0 Å². The fourth-order valence-electron chi connectivity index (χ4n) is 0.851. The molecule has 0 rings (SSSR count). The Labute approximate surface area is 62.2 Å². The molecule has 0 aromatic heterocycles. The molecule has 2 heteroatoms. The smallest absolute Gasteiger partial charge is 0.188 e. The standard InChI is InChI=1S/C7H14OS/c1-3-5-6(4-2)7(8)9/h6H,3-5H2,1-2H3,(H,8,9). The van der Waals surface area contributed by atoms with Gasteiger partial charge < -0.3 is 0 Å². The van der Waals surface area contributed by atoms with Crippen LogP contribution in [0, 0.1) is 5.92 Å². The number of thiol groups is 1. The summed E-state index contributed by atoms with van der Waals surface area (Å²) in [6.07, 6.45) is 2.99. The molecule has 54 valence electrons. The summed E-state index contributed by atoms with van der Waals surface area (Å²) in [7, 11) is 0. The highest BCUT2D eigenvalue weighted by Crippen LogP contribution is 2.12. The van der Waals surface area contributed by atoms with E-state index in [1.54, 1.807) is 0 Å². The first-order valence-electron chi connectivity index (χ1n) is 3.45. The maximum Gasteiger partial charge on any atom is 0.188 e. The molecule has 1 atom stereocenters. The van der Waals surface area contributed by atoms with Crippen molar-refractivity contribution in [3.63, 3.8) is 0 Å². The molecule has 0 spiro atoms. The Bertz CT molecular complexity index is 90.9. The van der Waals surface area contributed by atoms with Gasteiger partial charge in [0.1, 0.15) is 0 Å². The van der Waals surface area contributed by atoms with Crippen molar-refractivity contribution in [3.05, 3.63) is 0 Å². The lowest BCUT2D eigenvalue weighted by Crippen LogP contribution is -2.06. The summed E-state index contributed by atoms with van der Waals surface area (Å²) >= 11 is 3.77. The third kappa shape index (κ3) is 3.57. The van der Waals surface area contributed by atoms with Crippen LogP contribution in [0.1, 0.15) is 33.1 Å². The zero-order valence-corrected chi connectivity index (χ0v) is 6.95. The van der Waals surface area contributed by atoms with Gasteiger partial charge in [0.2, 0.25) is 0 Å². The summed E-state index contributed by atoms with van der Waals surface area (Å²) in [5.41, 5.74) is 0. The van der Waals surface area contributed by atoms with Crippen LogP contribution in [-0.2, 0) is 4.79 Å². The Balaban J connectivity index is 3.54. The van der Waals surface area contributed by atoms with Gasteiger partial charge in [0.15, 0.2) is 5.12 Å². The van der Waals surface area contributed by atoms with Crippen LogP contribution in [0.15, 0.2) is 0 Å². The molecule has 0 radical (unpaired) electrons.